The van der Waals surface area contributed by atoms with Gasteiger partial charge in [0, 0.05) is 66.6 Å². The summed E-state index contributed by atoms with van der Waals surface area (Å²) in [5, 5.41) is 16.1. The van der Waals surface area contributed by atoms with Crippen LogP contribution in [0.3, 0.4) is 0 Å². The van der Waals surface area contributed by atoms with Crippen LogP contribution in [0.2, 0.25) is 0 Å². The van der Waals surface area contributed by atoms with Crippen LogP contribution in [-0.4, -0.2) is 108 Å². The van der Waals surface area contributed by atoms with Gasteiger partial charge >= 0.3 is 6.18 Å². The molecule has 3 fully saturated rings. The maximum Gasteiger partial charge on any atom is 0.417 e. The lowest BCUT2D eigenvalue weighted by molar-refractivity contribution is -0.139. The number of rotatable bonds is 11. The van der Waals surface area contributed by atoms with Crippen molar-refractivity contribution in [2.45, 2.75) is 101 Å². The third-order valence-electron chi connectivity index (χ3n) is 11.0. The molecule has 14 heteroatoms. The number of likely N-dealkylation sites (tertiary alicyclic amines) is 2. The van der Waals surface area contributed by atoms with E-state index in [0.717, 1.165) is 80.5 Å². The van der Waals surface area contributed by atoms with Gasteiger partial charge in [-0.05, 0) is 69.3 Å². The van der Waals surface area contributed by atoms with Gasteiger partial charge in [-0.15, -0.1) is 11.8 Å². The number of fused-ring (bicyclic) bond motifs is 1. The molecule has 0 spiro atoms. The van der Waals surface area contributed by atoms with Crippen LogP contribution in [0.25, 0.3) is 11.3 Å². The summed E-state index contributed by atoms with van der Waals surface area (Å²) in [7, 11) is -3.52. The quantitative estimate of drug-likeness (QED) is 0.222. The molecule has 2 aromatic rings. The lowest BCUT2D eigenvalue weighted by Gasteiger charge is -2.38. The van der Waals surface area contributed by atoms with E-state index in [9.17, 15) is 31.1 Å². The largest absolute Gasteiger partial charge is 0.417 e. The van der Waals surface area contributed by atoms with Gasteiger partial charge in [-0.25, -0.2) is 12.8 Å². The number of halogens is 4. The highest BCUT2D eigenvalue weighted by atomic mass is 32.2. The molecule has 1 N–H and O–H groups in total. The van der Waals surface area contributed by atoms with Gasteiger partial charge in [0.05, 0.1) is 30.2 Å². The van der Waals surface area contributed by atoms with E-state index in [1.807, 2.05) is 4.90 Å². The first-order chi connectivity index (χ1) is 23.3. The summed E-state index contributed by atoms with van der Waals surface area (Å²) < 4.78 is 84.5. The Morgan fingerprint density at radius 1 is 0.959 bits per heavy atom. The monoisotopic (exact) mass is 729 g/mol. The fourth-order valence-corrected chi connectivity index (χ4v) is 10.3. The predicted octanol–water partition coefficient (Wildman–Crippen LogP) is 6.07. The molecular formula is C35H51F4N5O3S2. The van der Waals surface area contributed by atoms with Gasteiger partial charge in [-0.3, -0.25) is 9.58 Å². The van der Waals surface area contributed by atoms with Gasteiger partial charge < -0.3 is 10.0 Å². The second-order valence-electron chi connectivity index (χ2n) is 14.6. The van der Waals surface area contributed by atoms with E-state index < -0.39 is 34.0 Å². The smallest absolute Gasteiger partial charge is 0.390 e. The molecule has 1 aromatic heterocycles. The second-order valence-corrected chi connectivity index (χ2v) is 17.7. The van der Waals surface area contributed by atoms with Gasteiger partial charge in [0.2, 0.25) is 10.0 Å². The molecule has 6 rings (SSSR count). The third-order valence-corrected chi connectivity index (χ3v) is 13.3. The fourth-order valence-electron chi connectivity index (χ4n) is 8.41. The van der Waals surface area contributed by atoms with Gasteiger partial charge in [-0.1, -0.05) is 38.2 Å². The number of aromatic nitrogens is 2. The van der Waals surface area contributed by atoms with Crippen molar-refractivity contribution < 1.29 is 31.1 Å². The number of β-amino-alcohol motifs (C(OH)–C–C–N with tert-alkyl or cyclic N) is 1. The number of alkyl halides is 4. The number of hydrogen-bond acceptors (Lipinski definition) is 7. The fraction of sp³-hybridized carbons (Fsp3) is 0.743. The zero-order chi connectivity index (χ0) is 34.8. The summed E-state index contributed by atoms with van der Waals surface area (Å²) in [5.41, 5.74) is 1.65. The second kappa shape index (κ2) is 15.9. The van der Waals surface area contributed by atoms with Crippen LogP contribution < -0.4 is 0 Å². The topological polar surface area (TPSA) is 81.9 Å². The van der Waals surface area contributed by atoms with Gasteiger partial charge in [-0.2, -0.15) is 22.6 Å². The first-order valence-electron chi connectivity index (χ1n) is 18.0. The van der Waals surface area contributed by atoms with E-state index in [2.05, 4.69) is 4.90 Å². The molecule has 2 atom stereocenters. The minimum Gasteiger partial charge on any atom is -0.390 e. The normalized spacial score (nSPS) is 23.5. The molecule has 3 aliphatic heterocycles. The molecule has 2 saturated heterocycles. The Morgan fingerprint density at radius 3 is 2.39 bits per heavy atom. The first-order valence-corrected chi connectivity index (χ1v) is 20.8. The van der Waals surface area contributed by atoms with Crippen LogP contribution in [0.4, 0.5) is 17.6 Å². The first kappa shape index (κ1) is 37.1. The van der Waals surface area contributed by atoms with Crippen LogP contribution in [0.15, 0.2) is 23.1 Å². The average Bonchev–Trinajstić information content (AvgIpc) is 3.42. The Balaban J connectivity index is 1.20. The number of benzene rings is 1. The van der Waals surface area contributed by atoms with Crippen molar-refractivity contribution in [3.63, 3.8) is 0 Å². The van der Waals surface area contributed by atoms with Crippen LogP contribution in [-0.2, 0) is 35.7 Å². The zero-order valence-electron chi connectivity index (χ0n) is 28.5. The molecule has 1 aromatic carbocycles. The van der Waals surface area contributed by atoms with E-state index in [-0.39, 0.29) is 24.5 Å². The maximum absolute atomic E-state index is 14.1. The molecule has 0 amide bonds. The number of aliphatic hydroxyl groups is 1. The number of thioether (sulfide) groups is 1. The predicted molar refractivity (Wildman–Crippen MR) is 185 cm³/mol. The highest BCUT2D eigenvalue weighted by Gasteiger charge is 2.36. The molecule has 49 heavy (non-hydrogen) atoms. The highest BCUT2D eigenvalue weighted by molar-refractivity contribution is 7.99. The SMILES string of the molecule is CS(=O)(=O)N1CCc2c(c(-c3ccc(C(F)(F)F)c(SCCN4CCCC(F)C4)c3)nn2C[C@@H](O)CN2CCC(C3CCCCC3)CC2)C1. The molecule has 0 radical (unpaired) electrons. The van der Waals surface area contributed by atoms with Gasteiger partial charge in [0.1, 0.15) is 6.17 Å². The standard InChI is InChI=1S/C35H51F4N5O3S2/c1-49(46,47)43-17-13-32-30(24-43)34(40-44(32)23-29(45)22-42-15-11-26(12-16-42)25-6-3-2-4-7-25)27-9-10-31(35(37,38)39)33(20-27)48-19-18-41-14-5-8-28(36)21-41/h9-10,20,25-26,28-29,45H,2-8,11-19,21-24H2,1H3/t28?,29-/m0/s1. The average molecular weight is 730 g/mol. The molecule has 1 unspecified atom stereocenters. The number of aliphatic hydroxyl groups excluding tert-OH is 1. The number of sulfonamides is 1. The third kappa shape index (κ3) is 9.40. The summed E-state index contributed by atoms with van der Waals surface area (Å²) in [6, 6.07) is 3.98. The van der Waals surface area contributed by atoms with E-state index in [0.29, 0.717) is 55.0 Å². The molecular weight excluding hydrogens is 679 g/mol. The van der Waals surface area contributed by atoms with Gasteiger partial charge in [0.25, 0.3) is 0 Å². The van der Waals surface area contributed by atoms with Gasteiger partial charge in [0.15, 0.2) is 0 Å². The number of piperidine rings is 2. The molecule has 4 heterocycles. The number of hydrogen-bond donors (Lipinski definition) is 1. The Labute approximate surface area is 292 Å². The van der Waals surface area contributed by atoms with Crippen molar-refractivity contribution in [3.8, 4) is 11.3 Å². The summed E-state index contributed by atoms with van der Waals surface area (Å²) in [6.07, 6.45) is 5.68. The Hall–Kier alpha value is -1.71. The minimum absolute atomic E-state index is 0.0644. The molecule has 1 aliphatic carbocycles. The van der Waals surface area contributed by atoms with Crippen molar-refractivity contribution >= 4 is 21.8 Å². The number of nitrogens with zero attached hydrogens (tertiary/aromatic N) is 5. The van der Waals surface area contributed by atoms with Crippen LogP contribution in [0, 0.1) is 11.8 Å². The van der Waals surface area contributed by atoms with Crippen molar-refractivity contribution in [3.05, 3.63) is 35.0 Å². The van der Waals surface area contributed by atoms with Crippen LogP contribution in [0.1, 0.15) is 74.6 Å². The molecule has 274 valence electrons. The van der Waals surface area contributed by atoms with E-state index >= 15 is 0 Å². The lowest BCUT2D eigenvalue weighted by atomic mass is 9.76. The van der Waals surface area contributed by atoms with Crippen molar-refractivity contribution in [2.75, 3.05) is 57.8 Å². The maximum atomic E-state index is 14.1. The minimum atomic E-state index is -4.56. The lowest BCUT2D eigenvalue weighted by Crippen LogP contribution is -2.42. The molecule has 4 aliphatic rings. The molecule has 0 bridgehead atoms. The highest BCUT2D eigenvalue weighted by Crippen LogP contribution is 2.41. The summed E-state index contributed by atoms with van der Waals surface area (Å²) in [5.74, 6) is 1.98. The van der Waals surface area contributed by atoms with E-state index in [1.54, 1.807) is 4.68 Å². The molecule has 8 nitrogen and oxygen atoms in total. The van der Waals surface area contributed by atoms with Crippen molar-refractivity contribution in [1.29, 1.82) is 0 Å². The van der Waals surface area contributed by atoms with Crippen molar-refractivity contribution in [2.24, 2.45) is 11.8 Å². The summed E-state index contributed by atoms with van der Waals surface area (Å²) in [4.78, 5) is 4.35. The Bertz CT molecular complexity index is 1520. The van der Waals surface area contributed by atoms with E-state index in [1.165, 1.54) is 48.5 Å². The summed E-state index contributed by atoms with van der Waals surface area (Å²) in [6.45, 7) is 4.51. The Kier molecular flexibility index (Phi) is 12.0. The van der Waals surface area contributed by atoms with Crippen LogP contribution in [0.5, 0.6) is 0 Å². The van der Waals surface area contributed by atoms with Crippen molar-refractivity contribution in [1.82, 2.24) is 23.9 Å². The molecule has 1 saturated carbocycles. The Morgan fingerprint density at radius 2 is 1.69 bits per heavy atom. The summed E-state index contributed by atoms with van der Waals surface area (Å²) >= 11 is 1.10. The van der Waals surface area contributed by atoms with E-state index in [4.69, 9.17) is 5.10 Å². The van der Waals surface area contributed by atoms with Crippen LogP contribution >= 0.6 is 11.8 Å². The zero-order valence-corrected chi connectivity index (χ0v) is 30.1.